The molecule has 0 saturated heterocycles. The lowest BCUT2D eigenvalue weighted by molar-refractivity contribution is -0.127. The van der Waals surface area contributed by atoms with Gasteiger partial charge >= 0.3 is 0 Å². The van der Waals surface area contributed by atoms with Crippen LogP contribution in [0.4, 0.5) is 0 Å². The molecule has 0 spiro atoms. The first-order valence-electron chi connectivity index (χ1n) is 9.47. The molecule has 0 fully saturated rings. The molecule has 0 aliphatic carbocycles. The van der Waals surface area contributed by atoms with Crippen molar-refractivity contribution in [2.45, 2.75) is 53.0 Å². The second-order valence-corrected chi connectivity index (χ2v) is 8.00. The van der Waals surface area contributed by atoms with Crippen LogP contribution in [0.25, 0.3) is 0 Å². The van der Waals surface area contributed by atoms with Crippen molar-refractivity contribution in [3.05, 3.63) is 16.1 Å². The van der Waals surface area contributed by atoms with Crippen molar-refractivity contribution in [1.29, 1.82) is 0 Å². The van der Waals surface area contributed by atoms with Crippen LogP contribution in [-0.2, 0) is 11.3 Å². The van der Waals surface area contributed by atoms with E-state index in [1.165, 1.54) is 19.3 Å². The van der Waals surface area contributed by atoms with Crippen LogP contribution in [0.3, 0.4) is 0 Å². The van der Waals surface area contributed by atoms with Gasteiger partial charge in [0.2, 0.25) is 5.91 Å². The number of hydrogen-bond acceptors (Lipinski definition) is 4. The van der Waals surface area contributed by atoms with Gasteiger partial charge in [-0.25, -0.2) is 9.98 Å². The van der Waals surface area contributed by atoms with E-state index < -0.39 is 0 Å². The Morgan fingerprint density at radius 3 is 2.62 bits per heavy atom. The lowest BCUT2D eigenvalue weighted by Crippen LogP contribution is -2.41. The molecule has 0 aromatic carbocycles. The summed E-state index contributed by atoms with van der Waals surface area (Å²) in [5.74, 6) is 1.39. The molecule has 6 nitrogen and oxygen atoms in total. The number of unbranched alkanes of at least 4 members (excludes halogenated alkanes) is 1. The van der Waals surface area contributed by atoms with Crippen LogP contribution in [0.15, 0.2) is 10.4 Å². The standard InChI is InChI=1S/C19H35N5OS/c1-7-9-10-16(8-2)11-20-19(21-12-18(25)23(4)5)24(6)13-17-14-26-15(3)22-17/h14,16H,7-13H2,1-6H3,(H,20,21). The molecule has 1 atom stereocenters. The quantitative estimate of drug-likeness (QED) is 0.500. The largest absolute Gasteiger partial charge is 0.356 e. The summed E-state index contributed by atoms with van der Waals surface area (Å²) in [7, 11) is 5.50. The Kier molecular flexibility index (Phi) is 10.2. The Morgan fingerprint density at radius 2 is 2.08 bits per heavy atom. The highest BCUT2D eigenvalue weighted by Crippen LogP contribution is 2.12. The molecule has 1 N–H and O–H groups in total. The number of carbonyl (C=O) groups excluding carboxylic acids is 1. The van der Waals surface area contributed by atoms with Crippen LogP contribution >= 0.6 is 11.3 Å². The Morgan fingerprint density at radius 1 is 1.35 bits per heavy atom. The second-order valence-electron chi connectivity index (χ2n) is 6.94. The zero-order valence-corrected chi connectivity index (χ0v) is 18.0. The minimum atomic E-state index is 0.000210. The molecule has 0 radical (unpaired) electrons. The van der Waals surface area contributed by atoms with Gasteiger partial charge in [0.25, 0.3) is 0 Å². The molecule has 1 unspecified atom stereocenters. The summed E-state index contributed by atoms with van der Waals surface area (Å²) in [4.78, 5) is 24.6. The molecule has 1 amide bonds. The molecule has 7 heteroatoms. The number of guanidine groups is 1. The monoisotopic (exact) mass is 381 g/mol. The third kappa shape index (κ3) is 8.17. The van der Waals surface area contributed by atoms with Crippen LogP contribution in [0, 0.1) is 12.8 Å². The van der Waals surface area contributed by atoms with E-state index in [0.717, 1.165) is 29.6 Å². The molecule has 1 heterocycles. The first kappa shape index (κ1) is 22.4. The third-order valence-corrected chi connectivity index (χ3v) is 5.20. The normalized spacial score (nSPS) is 12.8. The van der Waals surface area contributed by atoms with Gasteiger partial charge in [-0.2, -0.15) is 0 Å². The predicted molar refractivity (Wildman–Crippen MR) is 111 cm³/mol. The first-order valence-corrected chi connectivity index (χ1v) is 10.4. The molecule has 0 bridgehead atoms. The molecule has 1 aromatic rings. The number of likely N-dealkylation sites (N-methyl/N-ethyl adjacent to an activating group) is 1. The van der Waals surface area contributed by atoms with E-state index in [1.807, 2.05) is 18.9 Å². The van der Waals surface area contributed by atoms with Crippen molar-refractivity contribution in [1.82, 2.24) is 20.1 Å². The average molecular weight is 382 g/mol. The molecular weight excluding hydrogens is 346 g/mol. The maximum atomic E-state index is 11.9. The minimum Gasteiger partial charge on any atom is -0.356 e. The van der Waals surface area contributed by atoms with Crippen molar-refractivity contribution in [2.24, 2.45) is 10.9 Å². The van der Waals surface area contributed by atoms with Crippen LogP contribution in [-0.4, -0.2) is 60.9 Å². The number of hydrogen-bond donors (Lipinski definition) is 1. The zero-order chi connectivity index (χ0) is 19.5. The number of nitrogens with one attached hydrogen (secondary N) is 1. The Labute approximate surface area is 162 Å². The highest BCUT2D eigenvalue weighted by Gasteiger charge is 2.13. The lowest BCUT2D eigenvalue weighted by Gasteiger charge is -2.24. The molecule has 0 aliphatic rings. The Hall–Kier alpha value is -1.63. The van der Waals surface area contributed by atoms with Gasteiger partial charge in [0, 0.05) is 33.1 Å². The van der Waals surface area contributed by atoms with Gasteiger partial charge < -0.3 is 15.1 Å². The van der Waals surface area contributed by atoms with Crippen molar-refractivity contribution in [2.75, 3.05) is 34.2 Å². The van der Waals surface area contributed by atoms with Crippen molar-refractivity contribution in [3.8, 4) is 0 Å². The van der Waals surface area contributed by atoms with Gasteiger partial charge in [0.05, 0.1) is 17.2 Å². The predicted octanol–water partition coefficient (Wildman–Crippen LogP) is 3.13. The topological polar surface area (TPSA) is 60.8 Å². The number of aryl methyl sites for hydroxylation is 1. The van der Waals surface area contributed by atoms with Gasteiger partial charge in [-0.05, 0) is 19.3 Å². The van der Waals surface area contributed by atoms with Crippen LogP contribution in [0.1, 0.15) is 50.2 Å². The summed E-state index contributed by atoms with van der Waals surface area (Å²) in [5.41, 5.74) is 1.03. The summed E-state index contributed by atoms with van der Waals surface area (Å²) in [6.45, 7) is 8.18. The summed E-state index contributed by atoms with van der Waals surface area (Å²) in [6.07, 6.45) is 4.84. The van der Waals surface area contributed by atoms with Gasteiger partial charge in [0.1, 0.15) is 6.54 Å². The molecule has 1 rings (SSSR count). The average Bonchev–Trinajstić information content (AvgIpc) is 3.01. The van der Waals surface area contributed by atoms with Crippen molar-refractivity contribution < 1.29 is 4.79 Å². The number of aliphatic imine (C=N–C) groups is 1. The van der Waals surface area contributed by atoms with Crippen LogP contribution < -0.4 is 5.32 Å². The van der Waals surface area contributed by atoms with Gasteiger partial charge in [-0.15, -0.1) is 11.3 Å². The van der Waals surface area contributed by atoms with Crippen molar-refractivity contribution in [3.63, 3.8) is 0 Å². The van der Waals surface area contributed by atoms with E-state index in [0.29, 0.717) is 12.5 Å². The maximum absolute atomic E-state index is 11.9. The Balaban J connectivity index is 2.76. The molecule has 0 aliphatic heterocycles. The maximum Gasteiger partial charge on any atom is 0.243 e. The molecular formula is C19H35N5OS. The fourth-order valence-electron chi connectivity index (χ4n) is 2.57. The van der Waals surface area contributed by atoms with E-state index >= 15 is 0 Å². The number of nitrogens with zero attached hydrogens (tertiary/aromatic N) is 4. The fourth-order valence-corrected chi connectivity index (χ4v) is 3.18. The fraction of sp³-hybridized carbons (Fsp3) is 0.737. The van der Waals surface area contributed by atoms with Crippen LogP contribution in [0.5, 0.6) is 0 Å². The van der Waals surface area contributed by atoms with E-state index in [1.54, 1.807) is 30.3 Å². The van der Waals surface area contributed by atoms with E-state index in [2.05, 4.69) is 34.5 Å². The molecule has 0 saturated carbocycles. The van der Waals surface area contributed by atoms with E-state index in [9.17, 15) is 4.79 Å². The van der Waals surface area contributed by atoms with E-state index in [4.69, 9.17) is 0 Å². The number of amides is 1. The summed E-state index contributed by atoms with van der Waals surface area (Å²) >= 11 is 1.65. The van der Waals surface area contributed by atoms with E-state index in [-0.39, 0.29) is 12.5 Å². The number of aromatic nitrogens is 1. The second kappa shape index (κ2) is 11.9. The highest BCUT2D eigenvalue weighted by molar-refractivity contribution is 7.09. The lowest BCUT2D eigenvalue weighted by atomic mass is 9.99. The molecule has 26 heavy (non-hydrogen) atoms. The van der Waals surface area contributed by atoms with Crippen LogP contribution in [0.2, 0.25) is 0 Å². The summed E-state index contributed by atoms with van der Waals surface area (Å²) in [5, 5.41) is 6.62. The Bertz CT molecular complexity index is 570. The van der Waals surface area contributed by atoms with Gasteiger partial charge in [0.15, 0.2) is 5.96 Å². The third-order valence-electron chi connectivity index (χ3n) is 4.38. The number of carbonyl (C=O) groups is 1. The summed E-state index contributed by atoms with van der Waals surface area (Å²) < 4.78 is 0. The van der Waals surface area contributed by atoms with Crippen molar-refractivity contribution >= 4 is 23.2 Å². The van der Waals surface area contributed by atoms with Gasteiger partial charge in [-0.3, -0.25) is 4.79 Å². The molecule has 148 valence electrons. The SMILES string of the molecule is CCCCC(CC)CNC(=NCC(=O)N(C)C)N(C)Cc1csc(C)n1. The number of rotatable bonds is 10. The number of thiazole rings is 1. The highest BCUT2D eigenvalue weighted by atomic mass is 32.1. The van der Waals surface area contributed by atoms with Gasteiger partial charge in [-0.1, -0.05) is 33.1 Å². The smallest absolute Gasteiger partial charge is 0.243 e. The minimum absolute atomic E-state index is 0.000210. The summed E-state index contributed by atoms with van der Waals surface area (Å²) in [6, 6.07) is 0. The zero-order valence-electron chi connectivity index (χ0n) is 17.2. The first-order chi connectivity index (χ1) is 12.4. The molecule has 1 aromatic heterocycles.